The van der Waals surface area contributed by atoms with Crippen molar-refractivity contribution in [1.29, 1.82) is 0 Å². The van der Waals surface area contributed by atoms with Crippen LogP contribution in [0.4, 0.5) is 11.4 Å². The summed E-state index contributed by atoms with van der Waals surface area (Å²) in [5.41, 5.74) is 13.1. The Hall–Kier alpha value is -3.37. The SMILES string of the molecule is Br.NC(=Nc1ccc2c3c(cccc13)C=C2)Nc1ccc2c3c(cccc13)C=C2. The van der Waals surface area contributed by atoms with Gasteiger partial charge in [0.15, 0.2) is 5.96 Å². The van der Waals surface area contributed by atoms with Crippen molar-refractivity contribution in [1.82, 2.24) is 0 Å². The molecule has 0 amide bonds. The zero-order chi connectivity index (χ0) is 18.7. The van der Waals surface area contributed by atoms with Gasteiger partial charge in [-0.3, -0.25) is 0 Å². The lowest BCUT2D eigenvalue weighted by Gasteiger charge is -2.12. The number of nitrogens with two attached hydrogens (primary N) is 1. The maximum atomic E-state index is 6.31. The van der Waals surface area contributed by atoms with Crippen LogP contribution < -0.4 is 11.1 Å². The summed E-state index contributed by atoms with van der Waals surface area (Å²) in [5.74, 6) is 0.387. The van der Waals surface area contributed by atoms with Gasteiger partial charge in [-0.2, -0.15) is 0 Å². The molecule has 0 radical (unpaired) electrons. The molecule has 0 aliphatic heterocycles. The fourth-order valence-corrected chi connectivity index (χ4v) is 4.33. The van der Waals surface area contributed by atoms with Gasteiger partial charge >= 0.3 is 0 Å². The predicted octanol–water partition coefficient (Wildman–Crippen LogP) is 6.60. The minimum atomic E-state index is 0. The number of nitrogens with zero attached hydrogens (tertiary/aromatic N) is 1. The largest absolute Gasteiger partial charge is 0.369 e. The fraction of sp³-hybridized carbons (Fsp3) is 0. The van der Waals surface area contributed by atoms with Crippen molar-refractivity contribution in [2.75, 3.05) is 5.32 Å². The van der Waals surface area contributed by atoms with Crippen molar-refractivity contribution in [3.8, 4) is 0 Å². The Kier molecular flexibility index (Phi) is 4.03. The van der Waals surface area contributed by atoms with Crippen LogP contribution in [0.5, 0.6) is 0 Å². The van der Waals surface area contributed by atoms with E-state index in [1.165, 1.54) is 33.0 Å². The Morgan fingerprint density at radius 1 is 0.655 bits per heavy atom. The summed E-state index contributed by atoms with van der Waals surface area (Å²) in [6.07, 6.45) is 8.60. The van der Waals surface area contributed by atoms with Crippen molar-refractivity contribution in [2.45, 2.75) is 0 Å². The van der Waals surface area contributed by atoms with E-state index in [0.29, 0.717) is 5.96 Å². The van der Waals surface area contributed by atoms with Gasteiger partial charge in [-0.25, -0.2) is 4.99 Å². The molecule has 0 atom stereocenters. The third-order valence-corrected chi connectivity index (χ3v) is 5.58. The molecule has 0 fully saturated rings. The van der Waals surface area contributed by atoms with E-state index >= 15 is 0 Å². The van der Waals surface area contributed by atoms with Gasteiger partial charge in [-0.05, 0) is 45.2 Å². The lowest BCUT2D eigenvalue weighted by molar-refractivity contribution is 1.46. The molecule has 4 heteroatoms. The lowest BCUT2D eigenvalue weighted by atomic mass is 10.0. The zero-order valence-corrected chi connectivity index (χ0v) is 17.2. The summed E-state index contributed by atoms with van der Waals surface area (Å²) in [6, 6.07) is 21.0. The first-order chi connectivity index (χ1) is 13.8. The summed E-state index contributed by atoms with van der Waals surface area (Å²) in [7, 11) is 0. The first-order valence-electron chi connectivity index (χ1n) is 9.37. The van der Waals surface area contributed by atoms with Crippen LogP contribution in [0.2, 0.25) is 0 Å². The standard InChI is InChI=1S/C25H17N3.BrH/c26-25(27-21-13-11-17-9-7-15-3-1-5-19(21)23(15)17)28-22-14-12-18-10-8-16-4-2-6-20(22)24(16)18;/h1-14H,(H3,26,27,28);1H. The number of anilines is 1. The molecule has 6 rings (SSSR count). The van der Waals surface area contributed by atoms with Gasteiger partial charge in [0.05, 0.1) is 5.69 Å². The van der Waals surface area contributed by atoms with E-state index in [2.05, 4.69) is 84.2 Å². The lowest BCUT2D eigenvalue weighted by Crippen LogP contribution is -2.22. The van der Waals surface area contributed by atoms with E-state index in [9.17, 15) is 0 Å². The van der Waals surface area contributed by atoms with E-state index < -0.39 is 0 Å². The van der Waals surface area contributed by atoms with Gasteiger partial charge in [0, 0.05) is 16.5 Å². The third-order valence-electron chi connectivity index (χ3n) is 5.58. The van der Waals surface area contributed by atoms with Gasteiger partial charge in [0.25, 0.3) is 0 Å². The van der Waals surface area contributed by atoms with Gasteiger partial charge < -0.3 is 11.1 Å². The summed E-state index contributed by atoms with van der Waals surface area (Å²) in [6.45, 7) is 0. The number of benzene rings is 4. The molecule has 0 heterocycles. The second-order valence-corrected chi connectivity index (χ2v) is 7.20. The third kappa shape index (κ3) is 2.68. The molecule has 4 aromatic carbocycles. The van der Waals surface area contributed by atoms with E-state index in [1.807, 2.05) is 6.07 Å². The number of halogens is 1. The van der Waals surface area contributed by atoms with Crippen molar-refractivity contribution >= 4 is 80.2 Å². The van der Waals surface area contributed by atoms with Crippen LogP contribution in [-0.2, 0) is 0 Å². The molecule has 0 unspecified atom stereocenters. The van der Waals surface area contributed by atoms with Crippen LogP contribution >= 0.6 is 17.0 Å². The van der Waals surface area contributed by atoms with Crippen LogP contribution in [-0.4, -0.2) is 5.96 Å². The molecular weight excluding hydrogens is 422 g/mol. The highest BCUT2D eigenvalue weighted by Gasteiger charge is 2.13. The van der Waals surface area contributed by atoms with E-state index in [4.69, 9.17) is 10.7 Å². The Morgan fingerprint density at radius 3 is 1.90 bits per heavy atom. The summed E-state index contributed by atoms with van der Waals surface area (Å²) < 4.78 is 0. The number of rotatable bonds is 2. The van der Waals surface area contributed by atoms with E-state index in [0.717, 1.165) is 22.1 Å². The molecule has 0 aromatic heterocycles. The number of hydrogen-bond acceptors (Lipinski definition) is 1. The molecule has 3 nitrogen and oxygen atoms in total. The normalized spacial score (nSPS) is 13.3. The number of aliphatic imine (C=N–C) groups is 1. The number of hydrogen-bond donors (Lipinski definition) is 2. The topological polar surface area (TPSA) is 50.4 Å². The molecule has 3 N–H and O–H groups in total. The summed E-state index contributed by atoms with van der Waals surface area (Å²) in [5, 5.41) is 8.09. The van der Waals surface area contributed by atoms with E-state index in [1.54, 1.807) is 0 Å². The Balaban J connectivity index is 0.00000181. The van der Waals surface area contributed by atoms with Gasteiger partial charge in [-0.1, -0.05) is 72.8 Å². The predicted molar refractivity (Wildman–Crippen MR) is 131 cm³/mol. The first kappa shape index (κ1) is 17.7. The maximum absolute atomic E-state index is 6.31. The molecule has 29 heavy (non-hydrogen) atoms. The molecule has 0 saturated carbocycles. The monoisotopic (exact) mass is 439 g/mol. The van der Waals surface area contributed by atoms with Crippen LogP contribution in [0.3, 0.4) is 0 Å². The quantitative estimate of drug-likeness (QED) is 0.236. The van der Waals surface area contributed by atoms with Crippen molar-refractivity contribution in [2.24, 2.45) is 10.7 Å². The molecule has 0 spiro atoms. The second-order valence-electron chi connectivity index (χ2n) is 7.20. The molecule has 140 valence electrons. The number of nitrogens with one attached hydrogen (secondary N) is 1. The summed E-state index contributed by atoms with van der Waals surface area (Å²) >= 11 is 0. The molecule has 2 aliphatic carbocycles. The van der Waals surface area contributed by atoms with Crippen molar-refractivity contribution < 1.29 is 0 Å². The van der Waals surface area contributed by atoms with Crippen LogP contribution in [0.15, 0.2) is 65.7 Å². The van der Waals surface area contributed by atoms with Crippen LogP contribution in [0.25, 0.3) is 45.8 Å². The zero-order valence-electron chi connectivity index (χ0n) is 15.5. The first-order valence-corrected chi connectivity index (χ1v) is 9.37. The average molecular weight is 440 g/mol. The highest BCUT2D eigenvalue weighted by atomic mass is 79.9. The molecule has 0 saturated heterocycles. The minimum absolute atomic E-state index is 0. The highest BCUT2D eigenvalue weighted by Crippen LogP contribution is 2.37. The van der Waals surface area contributed by atoms with Gasteiger partial charge in [0.1, 0.15) is 0 Å². The molecule has 0 bridgehead atoms. The smallest absolute Gasteiger partial charge is 0.198 e. The Bertz CT molecular complexity index is 1370. The number of guanidine groups is 1. The van der Waals surface area contributed by atoms with E-state index in [-0.39, 0.29) is 17.0 Å². The van der Waals surface area contributed by atoms with Crippen molar-refractivity contribution in [3.63, 3.8) is 0 Å². The van der Waals surface area contributed by atoms with Gasteiger partial charge in [-0.15, -0.1) is 17.0 Å². The minimum Gasteiger partial charge on any atom is -0.369 e. The summed E-state index contributed by atoms with van der Waals surface area (Å²) in [4.78, 5) is 4.70. The molecule has 2 aliphatic rings. The van der Waals surface area contributed by atoms with Crippen molar-refractivity contribution in [3.05, 3.63) is 82.9 Å². The fourth-order valence-electron chi connectivity index (χ4n) is 4.33. The average Bonchev–Trinajstić information content (AvgIpc) is 3.33. The van der Waals surface area contributed by atoms with Crippen LogP contribution in [0.1, 0.15) is 22.3 Å². The maximum Gasteiger partial charge on any atom is 0.198 e. The molecule has 4 aromatic rings. The Labute approximate surface area is 179 Å². The van der Waals surface area contributed by atoms with Crippen LogP contribution in [0, 0.1) is 0 Å². The highest BCUT2D eigenvalue weighted by molar-refractivity contribution is 8.93. The molecular formula is C25H18BrN3. The second kappa shape index (κ2) is 6.61. The van der Waals surface area contributed by atoms with Gasteiger partial charge in [0.2, 0.25) is 0 Å². The Morgan fingerprint density at radius 2 is 1.21 bits per heavy atom.